The fourth-order valence-corrected chi connectivity index (χ4v) is 2.62. The van der Waals surface area contributed by atoms with Gasteiger partial charge in [-0.1, -0.05) is 0 Å². The minimum Gasteiger partial charge on any atom is -0.338 e. The van der Waals surface area contributed by atoms with Gasteiger partial charge in [-0.3, -0.25) is 9.88 Å². The van der Waals surface area contributed by atoms with Gasteiger partial charge < -0.3 is 4.90 Å². The van der Waals surface area contributed by atoms with Crippen molar-refractivity contribution in [3.8, 4) is 0 Å². The van der Waals surface area contributed by atoms with Crippen LogP contribution < -0.4 is 4.90 Å². The number of halogens is 1. The highest BCUT2D eigenvalue weighted by Crippen LogP contribution is 2.17. The number of hydrogen-bond donors (Lipinski definition) is 0. The highest BCUT2D eigenvalue weighted by molar-refractivity contribution is 5.30. The molecule has 1 saturated heterocycles. The monoisotopic (exact) mass is 287 g/mol. The van der Waals surface area contributed by atoms with Crippen LogP contribution in [0.15, 0.2) is 36.9 Å². The van der Waals surface area contributed by atoms with E-state index in [0.717, 1.165) is 25.6 Å². The van der Waals surface area contributed by atoms with E-state index in [4.69, 9.17) is 0 Å². The van der Waals surface area contributed by atoms with E-state index < -0.39 is 0 Å². The van der Waals surface area contributed by atoms with Crippen LogP contribution in [0, 0.1) is 5.82 Å². The Bertz CT molecular complexity index is 592. The summed E-state index contributed by atoms with van der Waals surface area (Å²) < 4.78 is 13.7. The Morgan fingerprint density at radius 3 is 2.76 bits per heavy atom. The predicted octanol–water partition coefficient (Wildman–Crippen LogP) is 1.72. The molecule has 110 valence electrons. The van der Waals surface area contributed by atoms with Crippen LogP contribution in [0.1, 0.15) is 12.5 Å². The molecule has 3 heterocycles. The SMILES string of the molecule is CC1CN(c2ncccn2)CCN1Cc1ccncc1F. The first-order valence-electron chi connectivity index (χ1n) is 7.08. The minimum atomic E-state index is -0.237. The fraction of sp³-hybridized carbons (Fsp3) is 0.400. The first kappa shape index (κ1) is 13.9. The first-order chi connectivity index (χ1) is 10.2. The lowest BCUT2D eigenvalue weighted by Gasteiger charge is -2.39. The Morgan fingerprint density at radius 2 is 2.05 bits per heavy atom. The maximum atomic E-state index is 13.7. The molecule has 0 aliphatic carbocycles. The number of anilines is 1. The van der Waals surface area contributed by atoms with Crippen LogP contribution in [0.4, 0.5) is 10.3 Å². The lowest BCUT2D eigenvalue weighted by atomic mass is 10.1. The third-order valence-corrected chi connectivity index (χ3v) is 3.83. The van der Waals surface area contributed by atoms with E-state index >= 15 is 0 Å². The molecule has 0 saturated carbocycles. The standard InChI is InChI=1S/C15H18FN5/c1-12-10-21(15-18-4-2-5-19-15)8-7-20(12)11-13-3-6-17-9-14(13)16/h2-6,9,12H,7-8,10-11H2,1H3. The van der Waals surface area contributed by atoms with Crippen LogP contribution in [0.3, 0.4) is 0 Å². The Kier molecular flexibility index (Phi) is 4.06. The number of hydrogen-bond acceptors (Lipinski definition) is 5. The van der Waals surface area contributed by atoms with Crippen molar-refractivity contribution in [3.63, 3.8) is 0 Å². The van der Waals surface area contributed by atoms with Gasteiger partial charge in [-0.25, -0.2) is 14.4 Å². The second-order valence-electron chi connectivity index (χ2n) is 5.28. The molecule has 0 radical (unpaired) electrons. The smallest absolute Gasteiger partial charge is 0.225 e. The zero-order valence-corrected chi connectivity index (χ0v) is 12.0. The molecule has 1 unspecified atom stereocenters. The summed E-state index contributed by atoms with van der Waals surface area (Å²) in [4.78, 5) is 16.8. The molecule has 3 rings (SSSR count). The van der Waals surface area contributed by atoms with Gasteiger partial charge in [0.25, 0.3) is 0 Å². The molecule has 0 bridgehead atoms. The van der Waals surface area contributed by atoms with Gasteiger partial charge in [0, 0.05) is 56.4 Å². The number of piperazine rings is 1. The molecule has 2 aromatic rings. The Hall–Kier alpha value is -2.08. The highest BCUT2D eigenvalue weighted by atomic mass is 19.1. The topological polar surface area (TPSA) is 45.2 Å². The normalized spacial score (nSPS) is 19.7. The van der Waals surface area contributed by atoms with Crippen LogP contribution >= 0.6 is 0 Å². The molecule has 1 aliphatic heterocycles. The van der Waals surface area contributed by atoms with E-state index in [-0.39, 0.29) is 5.82 Å². The summed E-state index contributed by atoms with van der Waals surface area (Å²) in [6.45, 7) is 5.31. The Morgan fingerprint density at radius 1 is 1.24 bits per heavy atom. The molecule has 6 heteroatoms. The van der Waals surface area contributed by atoms with Crippen molar-refractivity contribution in [3.05, 3.63) is 48.3 Å². The molecular weight excluding hydrogens is 269 g/mol. The van der Waals surface area contributed by atoms with Gasteiger partial charge in [-0.15, -0.1) is 0 Å². The van der Waals surface area contributed by atoms with Gasteiger partial charge in [0.05, 0.1) is 6.20 Å². The van der Waals surface area contributed by atoms with Crippen LogP contribution in [0.2, 0.25) is 0 Å². The summed E-state index contributed by atoms with van der Waals surface area (Å²) in [5.74, 6) is 0.526. The lowest BCUT2D eigenvalue weighted by molar-refractivity contribution is 0.178. The van der Waals surface area contributed by atoms with Crippen LogP contribution in [0.25, 0.3) is 0 Å². The van der Waals surface area contributed by atoms with Crippen molar-refractivity contribution in [1.82, 2.24) is 19.9 Å². The highest BCUT2D eigenvalue weighted by Gasteiger charge is 2.25. The van der Waals surface area contributed by atoms with Crippen molar-refractivity contribution >= 4 is 5.95 Å². The van der Waals surface area contributed by atoms with Crippen molar-refractivity contribution in [2.75, 3.05) is 24.5 Å². The zero-order valence-electron chi connectivity index (χ0n) is 12.0. The number of pyridine rings is 1. The average Bonchev–Trinajstić information content (AvgIpc) is 2.52. The summed E-state index contributed by atoms with van der Waals surface area (Å²) in [5.41, 5.74) is 0.696. The van der Waals surface area contributed by atoms with Gasteiger partial charge in [0.15, 0.2) is 0 Å². The quantitative estimate of drug-likeness (QED) is 0.860. The van der Waals surface area contributed by atoms with Gasteiger partial charge in [0.2, 0.25) is 5.95 Å². The molecule has 0 spiro atoms. The number of nitrogens with zero attached hydrogens (tertiary/aromatic N) is 5. The second-order valence-corrected chi connectivity index (χ2v) is 5.28. The van der Waals surface area contributed by atoms with E-state index in [1.54, 1.807) is 24.7 Å². The summed E-state index contributed by atoms with van der Waals surface area (Å²) in [6.07, 6.45) is 6.42. The second kappa shape index (κ2) is 6.13. The molecule has 0 aromatic carbocycles. The molecule has 1 aliphatic rings. The molecule has 1 fully saturated rings. The average molecular weight is 287 g/mol. The van der Waals surface area contributed by atoms with Crippen molar-refractivity contribution in [2.24, 2.45) is 0 Å². The molecule has 0 N–H and O–H groups in total. The van der Waals surface area contributed by atoms with Gasteiger partial charge in [0.1, 0.15) is 5.82 Å². The predicted molar refractivity (Wildman–Crippen MR) is 78.3 cm³/mol. The number of aromatic nitrogens is 3. The van der Waals surface area contributed by atoms with Crippen LogP contribution in [0.5, 0.6) is 0 Å². The Labute approximate surface area is 123 Å². The van der Waals surface area contributed by atoms with Crippen molar-refractivity contribution < 1.29 is 4.39 Å². The molecule has 1 atom stereocenters. The fourth-order valence-electron chi connectivity index (χ4n) is 2.62. The first-order valence-corrected chi connectivity index (χ1v) is 7.08. The summed E-state index contributed by atoms with van der Waals surface area (Å²) >= 11 is 0. The molecule has 21 heavy (non-hydrogen) atoms. The molecular formula is C15H18FN5. The van der Waals surface area contributed by atoms with E-state index in [1.165, 1.54) is 6.20 Å². The van der Waals surface area contributed by atoms with E-state index in [0.29, 0.717) is 18.2 Å². The third-order valence-electron chi connectivity index (χ3n) is 3.83. The molecule has 2 aromatic heterocycles. The maximum absolute atomic E-state index is 13.7. The van der Waals surface area contributed by atoms with Gasteiger partial charge in [-0.2, -0.15) is 0 Å². The minimum absolute atomic E-state index is 0.237. The van der Waals surface area contributed by atoms with Gasteiger partial charge in [-0.05, 0) is 19.1 Å². The van der Waals surface area contributed by atoms with E-state index in [1.807, 2.05) is 6.07 Å². The van der Waals surface area contributed by atoms with Crippen molar-refractivity contribution in [1.29, 1.82) is 0 Å². The lowest BCUT2D eigenvalue weighted by Crippen LogP contribution is -2.52. The summed E-state index contributed by atoms with van der Waals surface area (Å²) in [6, 6.07) is 3.87. The zero-order chi connectivity index (χ0) is 14.7. The van der Waals surface area contributed by atoms with Gasteiger partial charge >= 0.3 is 0 Å². The van der Waals surface area contributed by atoms with Crippen LogP contribution in [-0.4, -0.2) is 45.5 Å². The van der Waals surface area contributed by atoms with E-state index in [2.05, 4.69) is 31.7 Å². The largest absolute Gasteiger partial charge is 0.338 e. The number of rotatable bonds is 3. The summed E-state index contributed by atoms with van der Waals surface area (Å²) in [7, 11) is 0. The third kappa shape index (κ3) is 3.16. The van der Waals surface area contributed by atoms with E-state index in [9.17, 15) is 4.39 Å². The van der Waals surface area contributed by atoms with Crippen LogP contribution in [-0.2, 0) is 6.54 Å². The summed E-state index contributed by atoms with van der Waals surface area (Å²) in [5, 5.41) is 0. The Balaban J connectivity index is 1.65. The molecule has 5 nitrogen and oxygen atoms in total. The van der Waals surface area contributed by atoms with Crippen molar-refractivity contribution in [2.45, 2.75) is 19.5 Å². The maximum Gasteiger partial charge on any atom is 0.225 e. The molecule has 0 amide bonds.